The van der Waals surface area contributed by atoms with Crippen LogP contribution in [-0.4, -0.2) is 36.7 Å². The fourth-order valence-corrected chi connectivity index (χ4v) is 4.97. The molecule has 2 N–H and O–H groups in total. The van der Waals surface area contributed by atoms with Crippen LogP contribution in [0.2, 0.25) is 0 Å². The number of amides is 1. The smallest absolute Gasteiger partial charge is 0.253 e. The summed E-state index contributed by atoms with van der Waals surface area (Å²) in [4.78, 5) is 31.1. The van der Waals surface area contributed by atoms with Crippen molar-refractivity contribution in [3.63, 3.8) is 0 Å². The first-order valence-corrected chi connectivity index (χ1v) is 11.7. The van der Waals surface area contributed by atoms with Crippen molar-refractivity contribution in [2.45, 2.75) is 60.0 Å². The number of rotatable bonds is 6. The lowest BCUT2D eigenvalue weighted by Gasteiger charge is -2.36. The normalized spacial score (nSPS) is 14.6. The molecule has 7 nitrogen and oxygen atoms in total. The number of hydrogen-bond acceptors (Lipinski definition) is 5. The number of benzene rings is 1. The van der Waals surface area contributed by atoms with E-state index < -0.39 is 0 Å². The minimum atomic E-state index is -0.206. The average Bonchev–Trinajstić information content (AvgIpc) is 3.14. The van der Waals surface area contributed by atoms with Crippen molar-refractivity contribution in [3.05, 3.63) is 62.3 Å². The molecule has 3 aromatic rings. The number of carbonyl (C=O) groups is 1. The minimum Gasteiger partial charge on any atom is -0.461 e. The van der Waals surface area contributed by atoms with Crippen LogP contribution in [0.15, 0.2) is 27.4 Å². The molecule has 0 aliphatic carbocycles. The maximum absolute atomic E-state index is 13.5. The third-order valence-corrected chi connectivity index (χ3v) is 6.61. The number of anilines is 1. The van der Waals surface area contributed by atoms with Gasteiger partial charge in [0.2, 0.25) is 0 Å². The molecule has 0 spiro atoms. The number of H-pyrrole nitrogens is 1. The Bertz CT molecular complexity index is 1230. The highest BCUT2D eigenvalue weighted by molar-refractivity contribution is 6.09. The van der Waals surface area contributed by atoms with E-state index in [1.54, 1.807) is 0 Å². The van der Waals surface area contributed by atoms with Crippen molar-refractivity contribution in [2.75, 3.05) is 24.7 Å². The summed E-state index contributed by atoms with van der Waals surface area (Å²) in [7, 11) is 0. The van der Waals surface area contributed by atoms with Gasteiger partial charge in [-0.3, -0.25) is 9.59 Å². The van der Waals surface area contributed by atoms with Gasteiger partial charge in [0.05, 0.1) is 5.56 Å². The van der Waals surface area contributed by atoms with E-state index in [-0.39, 0.29) is 18.0 Å². The summed E-state index contributed by atoms with van der Waals surface area (Å²) in [5.74, 6) is 0.554. The summed E-state index contributed by atoms with van der Waals surface area (Å²) in [5.41, 5.74) is 5.31. The largest absolute Gasteiger partial charge is 0.461 e. The number of pyridine rings is 1. The molecule has 176 valence electrons. The Morgan fingerprint density at radius 3 is 2.55 bits per heavy atom. The molecule has 1 aromatic carbocycles. The van der Waals surface area contributed by atoms with E-state index in [0.29, 0.717) is 22.8 Å². The SMILES string of the molecule is CCN(c1cc2oc(C)cc2c(C(=O)NCc2c(C)cc(C)[nH]c2=O)c1C)C1CCOCC1. The molecule has 1 saturated heterocycles. The number of nitrogens with zero attached hydrogens (tertiary/aromatic N) is 1. The van der Waals surface area contributed by atoms with Crippen LogP contribution in [-0.2, 0) is 11.3 Å². The van der Waals surface area contributed by atoms with Crippen molar-refractivity contribution < 1.29 is 13.9 Å². The number of fused-ring (bicyclic) bond motifs is 1. The van der Waals surface area contributed by atoms with E-state index in [4.69, 9.17) is 9.15 Å². The second kappa shape index (κ2) is 9.43. The molecule has 0 saturated carbocycles. The van der Waals surface area contributed by atoms with Crippen LogP contribution < -0.4 is 15.8 Å². The fourth-order valence-electron chi connectivity index (χ4n) is 4.97. The molecular weight excluding hydrogens is 418 g/mol. The first-order valence-electron chi connectivity index (χ1n) is 11.7. The highest BCUT2D eigenvalue weighted by atomic mass is 16.5. The van der Waals surface area contributed by atoms with Crippen molar-refractivity contribution in [2.24, 2.45) is 0 Å². The molecule has 0 bridgehead atoms. The van der Waals surface area contributed by atoms with E-state index in [1.165, 1.54) is 0 Å². The summed E-state index contributed by atoms with van der Waals surface area (Å²) in [5, 5.41) is 3.78. The number of hydrogen-bond donors (Lipinski definition) is 2. The Morgan fingerprint density at radius 2 is 1.88 bits per heavy atom. The predicted octanol–water partition coefficient (Wildman–Crippen LogP) is 4.29. The zero-order chi connectivity index (χ0) is 23.7. The standard InChI is InChI=1S/C26H33N3O4/c1-6-29(19-7-9-32-10-8-19)22-13-23-20(12-17(4)33-23)24(18(22)5)26(31)27-14-21-15(2)11-16(3)28-25(21)30/h11-13,19H,6-10,14H2,1-5H3,(H,27,31)(H,28,30). The monoisotopic (exact) mass is 451 g/mol. The van der Waals surface area contributed by atoms with Crippen LogP contribution >= 0.6 is 0 Å². The quantitative estimate of drug-likeness (QED) is 0.584. The summed E-state index contributed by atoms with van der Waals surface area (Å²) >= 11 is 0. The maximum atomic E-state index is 13.5. The first-order chi connectivity index (χ1) is 15.8. The van der Waals surface area contributed by atoms with Crippen LogP contribution in [0.4, 0.5) is 5.69 Å². The molecule has 4 rings (SSSR count). The molecule has 1 amide bonds. The number of nitrogens with one attached hydrogen (secondary N) is 2. The molecule has 0 atom stereocenters. The Morgan fingerprint density at radius 1 is 1.15 bits per heavy atom. The second-order valence-electron chi connectivity index (χ2n) is 8.92. The van der Waals surface area contributed by atoms with E-state index >= 15 is 0 Å². The summed E-state index contributed by atoms with van der Waals surface area (Å²) in [6, 6.07) is 6.25. The first kappa shape index (κ1) is 23.1. The minimum absolute atomic E-state index is 0.166. The van der Waals surface area contributed by atoms with Gasteiger partial charge in [-0.05, 0) is 70.7 Å². The van der Waals surface area contributed by atoms with E-state index in [0.717, 1.165) is 66.3 Å². The lowest BCUT2D eigenvalue weighted by atomic mass is 9.98. The molecule has 0 radical (unpaired) electrons. The Labute approximate surface area is 194 Å². The lowest BCUT2D eigenvalue weighted by molar-refractivity contribution is 0.0846. The number of aromatic amines is 1. The zero-order valence-electron chi connectivity index (χ0n) is 20.1. The van der Waals surface area contributed by atoms with E-state index in [2.05, 4.69) is 28.2 Å². The molecule has 1 aliphatic heterocycles. The van der Waals surface area contributed by atoms with Gasteiger partial charge in [-0.2, -0.15) is 0 Å². The summed E-state index contributed by atoms with van der Waals surface area (Å²) < 4.78 is 11.5. The zero-order valence-corrected chi connectivity index (χ0v) is 20.1. The Hall–Kier alpha value is -3.06. The predicted molar refractivity (Wildman–Crippen MR) is 130 cm³/mol. The topological polar surface area (TPSA) is 87.6 Å². The van der Waals surface area contributed by atoms with Gasteiger partial charge in [-0.25, -0.2) is 0 Å². The molecule has 1 aliphatic rings. The highest BCUT2D eigenvalue weighted by Crippen LogP contribution is 2.35. The van der Waals surface area contributed by atoms with Crippen LogP contribution in [0, 0.1) is 27.7 Å². The van der Waals surface area contributed by atoms with Crippen molar-refractivity contribution >= 4 is 22.6 Å². The van der Waals surface area contributed by atoms with Gasteiger partial charge in [-0.1, -0.05) is 0 Å². The second-order valence-corrected chi connectivity index (χ2v) is 8.92. The number of aromatic nitrogens is 1. The van der Waals surface area contributed by atoms with E-state index in [1.807, 2.05) is 39.8 Å². The van der Waals surface area contributed by atoms with Gasteiger partial charge >= 0.3 is 0 Å². The maximum Gasteiger partial charge on any atom is 0.253 e. The van der Waals surface area contributed by atoms with Crippen LogP contribution in [0.25, 0.3) is 11.0 Å². The van der Waals surface area contributed by atoms with E-state index in [9.17, 15) is 9.59 Å². The molecule has 3 heterocycles. The van der Waals surface area contributed by atoms with Gasteiger partial charge in [-0.15, -0.1) is 0 Å². The van der Waals surface area contributed by atoms with Crippen molar-refractivity contribution in [3.8, 4) is 0 Å². The number of furan rings is 1. The molecule has 7 heteroatoms. The van der Waals surface area contributed by atoms with Crippen LogP contribution in [0.3, 0.4) is 0 Å². The molecule has 1 fully saturated rings. The number of aryl methyl sites for hydroxylation is 3. The van der Waals surface area contributed by atoms with Crippen LogP contribution in [0.5, 0.6) is 0 Å². The van der Waals surface area contributed by atoms with Gasteiger partial charge < -0.3 is 24.4 Å². The average molecular weight is 452 g/mol. The Kier molecular flexibility index (Phi) is 6.61. The van der Waals surface area contributed by atoms with Crippen molar-refractivity contribution in [1.82, 2.24) is 10.3 Å². The van der Waals surface area contributed by atoms with Gasteiger partial charge in [0, 0.05) is 60.7 Å². The molecular formula is C26H33N3O4. The third kappa shape index (κ3) is 4.55. The Balaban J connectivity index is 1.72. The fraction of sp³-hybridized carbons (Fsp3) is 0.462. The summed E-state index contributed by atoms with van der Waals surface area (Å²) in [6.07, 6.45) is 1.92. The molecule has 0 unspecified atom stereocenters. The van der Waals surface area contributed by atoms with Gasteiger partial charge in [0.1, 0.15) is 11.3 Å². The highest BCUT2D eigenvalue weighted by Gasteiger charge is 2.26. The van der Waals surface area contributed by atoms with Gasteiger partial charge in [0.15, 0.2) is 0 Å². The number of ether oxygens (including phenoxy) is 1. The molecule has 33 heavy (non-hydrogen) atoms. The molecule has 2 aromatic heterocycles. The van der Waals surface area contributed by atoms with Gasteiger partial charge in [0.25, 0.3) is 11.5 Å². The summed E-state index contributed by atoms with van der Waals surface area (Å²) in [6.45, 7) is 12.3. The lowest BCUT2D eigenvalue weighted by Crippen LogP contribution is -2.40. The van der Waals surface area contributed by atoms with Crippen molar-refractivity contribution in [1.29, 1.82) is 0 Å². The van der Waals surface area contributed by atoms with Crippen LogP contribution in [0.1, 0.15) is 58.3 Å². The third-order valence-electron chi connectivity index (χ3n) is 6.61. The number of carbonyl (C=O) groups excluding carboxylic acids is 1.